The van der Waals surface area contributed by atoms with Crippen LogP contribution in [0.4, 0.5) is 5.69 Å². The Morgan fingerprint density at radius 1 is 0.929 bits per heavy atom. The maximum atomic E-state index is 12.6. The molecule has 2 N–H and O–H groups in total. The summed E-state index contributed by atoms with van der Waals surface area (Å²) in [5, 5.41) is 11.6. The van der Waals surface area contributed by atoms with E-state index < -0.39 is 11.0 Å². The topological polar surface area (TPSA) is 86.2 Å². The van der Waals surface area contributed by atoms with Crippen molar-refractivity contribution in [3.05, 3.63) is 98.0 Å². The summed E-state index contributed by atoms with van der Waals surface area (Å²) in [6, 6.07) is 17.0. The number of nitro groups is 1. The quantitative estimate of drug-likeness (QED) is 0.307. The first-order valence-electron chi connectivity index (χ1n) is 7.96. The van der Waals surface area contributed by atoms with Gasteiger partial charge in [0.25, 0.3) is 5.69 Å². The smallest absolute Gasteiger partial charge is 0.270 e. The van der Waals surface area contributed by atoms with Crippen LogP contribution >= 0.6 is 35.6 Å². The largest absolute Gasteiger partial charge is 0.318 e. The van der Waals surface area contributed by atoms with Gasteiger partial charge in [0.2, 0.25) is 0 Å². The summed E-state index contributed by atoms with van der Waals surface area (Å²) in [7, 11) is 0. The third kappa shape index (κ3) is 4.69. The number of benzene rings is 3. The lowest BCUT2D eigenvalue weighted by Crippen LogP contribution is -2.21. The molecule has 0 spiro atoms. The summed E-state index contributed by atoms with van der Waals surface area (Å²) in [5.41, 5.74) is 8.53. The van der Waals surface area contributed by atoms with Gasteiger partial charge in [-0.1, -0.05) is 65.7 Å². The fourth-order valence-corrected chi connectivity index (χ4v) is 2.97. The first-order chi connectivity index (χ1) is 12.9. The SMILES string of the molecule is Cl.NC(C(=O)c1ccc(-c2cccc([N+](=O)[O-])c2)cc1)c1ccc(Cl)c(Cl)c1. The zero-order chi connectivity index (χ0) is 19.6. The van der Waals surface area contributed by atoms with Gasteiger partial charge in [-0.3, -0.25) is 14.9 Å². The Labute approximate surface area is 177 Å². The zero-order valence-corrected chi connectivity index (χ0v) is 16.7. The van der Waals surface area contributed by atoms with Crippen LogP contribution in [0.2, 0.25) is 10.0 Å². The summed E-state index contributed by atoms with van der Waals surface area (Å²) < 4.78 is 0. The molecule has 0 saturated carbocycles. The Bertz CT molecular complexity index is 1020. The van der Waals surface area contributed by atoms with Gasteiger partial charge in [-0.25, -0.2) is 0 Å². The normalized spacial score (nSPS) is 11.4. The number of carbonyl (C=O) groups is 1. The van der Waals surface area contributed by atoms with E-state index in [-0.39, 0.29) is 23.9 Å². The third-order valence-corrected chi connectivity index (χ3v) is 4.88. The summed E-state index contributed by atoms with van der Waals surface area (Å²) in [5.74, 6) is -0.265. The third-order valence-electron chi connectivity index (χ3n) is 4.14. The highest BCUT2D eigenvalue weighted by Crippen LogP contribution is 2.28. The number of hydrogen-bond acceptors (Lipinski definition) is 4. The Balaban J connectivity index is 0.00000280. The monoisotopic (exact) mass is 436 g/mol. The Kier molecular flexibility index (Phi) is 7.16. The Morgan fingerprint density at radius 2 is 1.61 bits per heavy atom. The van der Waals surface area contributed by atoms with Crippen molar-refractivity contribution in [3.8, 4) is 11.1 Å². The van der Waals surface area contributed by atoms with Crippen molar-refractivity contribution in [2.45, 2.75) is 6.04 Å². The van der Waals surface area contributed by atoms with Gasteiger partial charge in [-0.15, -0.1) is 12.4 Å². The van der Waals surface area contributed by atoms with E-state index in [4.69, 9.17) is 28.9 Å². The minimum atomic E-state index is -0.872. The standard InChI is InChI=1S/C20H14Cl2N2O3.ClH/c21-17-9-8-15(11-18(17)22)19(23)20(25)13-6-4-12(5-7-13)14-2-1-3-16(10-14)24(26)27;/h1-11,19H,23H2;1H. The zero-order valence-electron chi connectivity index (χ0n) is 14.3. The molecule has 0 radical (unpaired) electrons. The predicted octanol–water partition coefficient (Wildman–Crippen LogP) is 5.87. The van der Waals surface area contributed by atoms with E-state index in [9.17, 15) is 14.9 Å². The van der Waals surface area contributed by atoms with E-state index >= 15 is 0 Å². The number of nitrogens with two attached hydrogens (primary N) is 1. The second-order valence-electron chi connectivity index (χ2n) is 5.90. The van der Waals surface area contributed by atoms with Gasteiger partial charge in [0.1, 0.15) is 0 Å². The highest BCUT2D eigenvalue weighted by molar-refractivity contribution is 6.42. The number of halogens is 3. The molecular weight excluding hydrogens is 423 g/mol. The van der Waals surface area contributed by atoms with Crippen molar-refractivity contribution in [1.29, 1.82) is 0 Å². The van der Waals surface area contributed by atoms with Crippen molar-refractivity contribution in [1.82, 2.24) is 0 Å². The number of Topliss-reactive ketones (excluding diaryl/α,β-unsaturated/α-hetero) is 1. The molecule has 0 heterocycles. The molecule has 0 fully saturated rings. The average Bonchev–Trinajstić information content (AvgIpc) is 2.69. The van der Waals surface area contributed by atoms with Gasteiger partial charge < -0.3 is 5.73 Å². The van der Waals surface area contributed by atoms with Gasteiger partial charge in [0, 0.05) is 17.7 Å². The first-order valence-corrected chi connectivity index (χ1v) is 8.72. The van der Waals surface area contributed by atoms with Crippen LogP contribution in [0, 0.1) is 10.1 Å². The molecule has 0 saturated heterocycles. The van der Waals surface area contributed by atoms with E-state index in [1.54, 1.807) is 54.6 Å². The number of non-ortho nitro benzene ring substituents is 1. The molecular formula is C20H15Cl3N2O3. The van der Waals surface area contributed by atoms with Crippen LogP contribution in [0.15, 0.2) is 66.7 Å². The summed E-state index contributed by atoms with van der Waals surface area (Å²) in [6.07, 6.45) is 0. The molecule has 28 heavy (non-hydrogen) atoms. The Hall–Kier alpha value is -2.44. The van der Waals surface area contributed by atoms with Crippen molar-refractivity contribution < 1.29 is 9.72 Å². The number of hydrogen-bond donors (Lipinski definition) is 1. The van der Waals surface area contributed by atoms with Gasteiger partial charge in [0.05, 0.1) is 21.0 Å². The van der Waals surface area contributed by atoms with Crippen LogP contribution in [-0.2, 0) is 0 Å². The second-order valence-corrected chi connectivity index (χ2v) is 6.71. The van der Waals surface area contributed by atoms with E-state index in [1.807, 2.05) is 0 Å². The number of ketones is 1. The first kappa shape index (κ1) is 21.9. The summed E-state index contributed by atoms with van der Waals surface area (Å²) in [4.78, 5) is 23.1. The maximum absolute atomic E-state index is 12.6. The molecule has 8 heteroatoms. The van der Waals surface area contributed by atoms with Gasteiger partial charge in [0.15, 0.2) is 5.78 Å². The van der Waals surface area contributed by atoms with Gasteiger partial charge >= 0.3 is 0 Å². The highest BCUT2D eigenvalue weighted by atomic mass is 35.5. The van der Waals surface area contributed by atoms with Crippen LogP contribution in [-0.4, -0.2) is 10.7 Å². The second kappa shape index (κ2) is 9.17. The molecule has 0 aliphatic carbocycles. The lowest BCUT2D eigenvalue weighted by atomic mass is 9.96. The van der Waals surface area contributed by atoms with Crippen molar-refractivity contribution in [3.63, 3.8) is 0 Å². The van der Waals surface area contributed by atoms with Crippen LogP contribution in [0.5, 0.6) is 0 Å². The summed E-state index contributed by atoms with van der Waals surface area (Å²) >= 11 is 11.9. The molecule has 0 aliphatic rings. The highest BCUT2D eigenvalue weighted by Gasteiger charge is 2.19. The number of rotatable bonds is 5. The summed E-state index contributed by atoms with van der Waals surface area (Å²) in [6.45, 7) is 0. The van der Waals surface area contributed by atoms with Crippen LogP contribution in [0.25, 0.3) is 11.1 Å². The van der Waals surface area contributed by atoms with E-state index in [0.717, 1.165) is 5.56 Å². The van der Waals surface area contributed by atoms with Crippen molar-refractivity contribution in [2.24, 2.45) is 5.73 Å². The van der Waals surface area contributed by atoms with Crippen molar-refractivity contribution >= 4 is 47.1 Å². The molecule has 0 amide bonds. The minimum absolute atomic E-state index is 0. The van der Waals surface area contributed by atoms with Crippen LogP contribution < -0.4 is 5.73 Å². The van der Waals surface area contributed by atoms with Gasteiger partial charge in [-0.2, -0.15) is 0 Å². The van der Waals surface area contributed by atoms with E-state index in [1.165, 1.54) is 12.1 Å². The minimum Gasteiger partial charge on any atom is -0.318 e. The fourth-order valence-electron chi connectivity index (χ4n) is 2.66. The van der Waals surface area contributed by atoms with Crippen LogP contribution in [0.1, 0.15) is 22.0 Å². The molecule has 3 aromatic carbocycles. The maximum Gasteiger partial charge on any atom is 0.270 e. The number of nitrogens with zero attached hydrogens (tertiary/aromatic N) is 1. The molecule has 5 nitrogen and oxygen atoms in total. The molecule has 3 rings (SSSR count). The number of carbonyl (C=O) groups excluding carboxylic acids is 1. The number of nitro benzene ring substituents is 1. The van der Waals surface area contributed by atoms with E-state index in [0.29, 0.717) is 26.7 Å². The van der Waals surface area contributed by atoms with Crippen molar-refractivity contribution in [2.75, 3.05) is 0 Å². The fraction of sp³-hybridized carbons (Fsp3) is 0.0500. The molecule has 3 aromatic rings. The molecule has 0 aromatic heterocycles. The van der Waals surface area contributed by atoms with Gasteiger partial charge in [-0.05, 0) is 28.8 Å². The van der Waals surface area contributed by atoms with Crippen LogP contribution in [0.3, 0.4) is 0 Å². The molecule has 0 bridgehead atoms. The lowest BCUT2D eigenvalue weighted by Gasteiger charge is -2.12. The predicted molar refractivity (Wildman–Crippen MR) is 114 cm³/mol. The van der Waals surface area contributed by atoms with E-state index in [2.05, 4.69) is 0 Å². The molecule has 144 valence electrons. The molecule has 1 unspecified atom stereocenters. The molecule has 0 aliphatic heterocycles. The lowest BCUT2D eigenvalue weighted by molar-refractivity contribution is -0.384. The molecule has 1 atom stereocenters. The Morgan fingerprint density at radius 3 is 2.21 bits per heavy atom. The average molecular weight is 438 g/mol.